The number of nitrogens with two attached hydrogens (primary N) is 1. The molecule has 8 heteroatoms. The summed E-state index contributed by atoms with van der Waals surface area (Å²) in [4.78, 5) is 0.0688. The first-order valence-electron chi connectivity index (χ1n) is 5.75. The van der Waals surface area contributed by atoms with Crippen LogP contribution in [-0.2, 0) is 10.0 Å². The lowest BCUT2D eigenvalue weighted by molar-refractivity contribution is 0.415. The molecule has 5 nitrogen and oxygen atoms in total. The van der Waals surface area contributed by atoms with E-state index < -0.39 is 10.0 Å². The van der Waals surface area contributed by atoms with Gasteiger partial charge >= 0.3 is 0 Å². The van der Waals surface area contributed by atoms with Gasteiger partial charge in [-0.15, -0.1) is 0 Å². The number of nitrogens with one attached hydrogen (secondary N) is 1. The zero-order valence-corrected chi connectivity index (χ0v) is 14.7. The molecule has 0 unspecified atom stereocenters. The summed E-state index contributed by atoms with van der Waals surface area (Å²) in [6.07, 6.45) is 0. The Morgan fingerprint density at radius 2 is 1.95 bits per heavy atom. The minimum atomic E-state index is -3.73. The molecule has 0 saturated carbocycles. The topological polar surface area (TPSA) is 81.4 Å². The third kappa shape index (κ3) is 3.72. The maximum atomic E-state index is 12.4. The van der Waals surface area contributed by atoms with Crippen molar-refractivity contribution in [1.29, 1.82) is 0 Å². The van der Waals surface area contributed by atoms with E-state index in [1.807, 2.05) is 22.6 Å². The van der Waals surface area contributed by atoms with E-state index in [4.69, 9.17) is 22.1 Å². The Kier molecular flexibility index (Phi) is 4.84. The predicted molar refractivity (Wildman–Crippen MR) is 92.4 cm³/mol. The lowest BCUT2D eigenvalue weighted by atomic mass is 10.3. The van der Waals surface area contributed by atoms with Crippen molar-refractivity contribution in [3.05, 3.63) is 45.0 Å². The first-order chi connectivity index (χ1) is 9.83. The summed E-state index contributed by atoms with van der Waals surface area (Å²) in [5.74, 6) is 0.309. The van der Waals surface area contributed by atoms with Crippen LogP contribution in [0, 0.1) is 3.57 Å². The number of methoxy groups -OCH3 is 1. The molecule has 0 aliphatic carbocycles. The van der Waals surface area contributed by atoms with Crippen molar-refractivity contribution in [3.63, 3.8) is 0 Å². The molecule has 0 aromatic heterocycles. The highest BCUT2D eigenvalue weighted by molar-refractivity contribution is 14.1. The fourth-order valence-electron chi connectivity index (χ4n) is 1.63. The second kappa shape index (κ2) is 6.29. The summed E-state index contributed by atoms with van der Waals surface area (Å²) in [5.41, 5.74) is 6.51. The maximum Gasteiger partial charge on any atom is 0.262 e. The Balaban J connectivity index is 2.38. The van der Waals surface area contributed by atoms with E-state index in [0.717, 1.165) is 0 Å². The quantitative estimate of drug-likeness (QED) is 0.567. The van der Waals surface area contributed by atoms with Gasteiger partial charge in [0.05, 0.1) is 23.4 Å². The highest BCUT2D eigenvalue weighted by Gasteiger charge is 2.17. The van der Waals surface area contributed by atoms with Gasteiger partial charge in [0.15, 0.2) is 0 Å². The van der Waals surface area contributed by atoms with Gasteiger partial charge in [0.1, 0.15) is 5.75 Å². The van der Waals surface area contributed by atoms with Gasteiger partial charge in [-0.1, -0.05) is 11.6 Å². The number of anilines is 2. The van der Waals surface area contributed by atoms with Gasteiger partial charge in [-0.3, -0.25) is 4.72 Å². The zero-order chi connectivity index (χ0) is 15.6. The van der Waals surface area contributed by atoms with Gasteiger partial charge in [0, 0.05) is 14.7 Å². The summed E-state index contributed by atoms with van der Waals surface area (Å²) in [6.45, 7) is 0. The van der Waals surface area contributed by atoms with Gasteiger partial charge in [-0.05, 0) is 52.9 Å². The molecule has 2 aromatic rings. The highest BCUT2D eigenvalue weighted by Crippen LogP contribution is 2.28. The van der Waals surface area contributed by atoms with Crippen LogP contribution in [0.1, 0.15) is 0 Å². The third-order valence-electron chi connectivity index (χ3n) is 2.69. The van der Waals surface area contributed by atoms with Crippen LogP contribution >= 0.6 is 34.2 Å². The van der Waals surface area contributed by atoms with E-state index in [0.29, 0.717) is 25.7 Å². The number of sulfonamides is 1. The van der Waals surface area contributed by atoms with Crippen LogP contribution in [-0.4, -0.2) is 15.5 Å². The van der Waals surface area contributed by atoms with Crippen molar-refractivity contribution < 1.29 is 13.2 Å². The number of ether oxygens (including phenoxy) is 1. The van der Waals surface area contributed by atoms with Crippen LogP contribution in [0.4, 0.5) is 11.4 Å². The van der Waals surface area contributed by atoms with Gasteiger partial charge in [-0.2, -0.15) is 0 Å². The number of rotatable bonds is 4. The smallest absolute Gasteiger partial charge is 0.262 e. The minimum absolute atomic E-state index is 0.0688. The largest absolute Gasteiger partial charge is 0.495 e. The third-order valence-corrected chi connectivity index (χ3v) is 5.18. The minimum Gasteiger partial charge on any atom is -0.495 e. The van der Waals surface area contributed by atoms with Crippen molar-refractivity contribution >= 4 is 55.6 Å². The number of halogens is 2. The monoisotopic (exact) mass is 438 g/mol. The summed E-state index contributed by atoms with van der Waals surface area (Å²) in [6, 6.07) is 9.18. The van der Waals surface area contributed by atoms with Crippen molar-refractivity contribution in [2.24, 2.45) is 0 Å². The van der Waals surface area contributed by atoms with E-state index in [1.54, 1.807) is 18.2 Å². The van der Waals surface area contributed by atoms with Crippen molar-refractivity contribution in [1.82, 2.24) is 0 Å². The summed E-state index contributed by atoms with van der Waals surface area (Å²) in [5, 5.41) is 0.538. The van der Waals surface area contributed by atoms with Crippen LogP contribution in [0.3, 0.4) is 0 Å². The Hall–Kier alpha value is -1.19. The number of hydrogen-bond acceptors (Lipinski definition) is 4. The van der Waals surface area contributed by atoms with Gasteiger partial charge < -0.3 is 10.5 Å². The molecular formula is C13H12ClIN2O3S. The number of hydrogen-bond donors (Lipinski definition) is 2. The van der Waals surface area contributed by atoms with Gasteiger partial charge in [-0.25, -0.2) is 8.42 Å². The standard InChI is InChI=1S/C13H12ClIN2O3S/c1-20-13-7-9(3-4-11(13)16)21(18,19)17-12-5-2-8(14)6-10(12)15/h2-7,17H,16H2,1H3. The Labute approximate surface area is 141 Å². The lowest BCUT2D eigenvalue weighted by Crippen LogP contribution is -2.14. The molecule has 0 saturated heterocycles. The highest BCUT2D eigenvalue weighted by atomic mass is 127. The maximum absolute atomic E-state index is 12.4. The second-order valence-electron chi connectivity index (χ2n) is 4.13. The summed E-state index contributed by atoms with van der Waals surface area (Å²) < 4.78 is 33.0. The van der Waals surface area contributed by atoms with Crippen LogP contribution in [0.2, 0.25) is 5.02 Å². The Morgan fingerprint density at radius 3 is 2.57 bits per heavy atom. The van der Waals surface area contributed by atoms with Crippen LogP contribution in [0.5, 0.6) is 5.75 Å². The first kappa shape index (κ1) is 16.2. The fourth-order valence-corrected chi connectivity index (χ4v) is 3.92. The Bertz CT molecular complexity index is 781. The normalized spacial score (nSPS) is 11.2. The van der Waals surface area contributed by atoms with Crippen LogP contribution in [0.15, 0.2) is 41.3 Å². The zero-order valence-electron chi connectivity index (χ0n) is 10.9. The van der Waals surface area contributed by atoms with Crippen molar-refractivity contribution in [3.8, 4) is 5.75 Å². The molecule has 0 bridgehead atoms. The van der Waals surface area contributed by atoms with E-state index in [9.17, 15) is 8.42 Å². The average Bonchev–Trinajstić information content (AvgIpc) is 2.42. The van der Waals surface area contributed by atoms with E-state index in [-0.39, 0.29) is 4.90 Å². The summed E-state index contributed by atoms with van der Waals surface area (Å²) in [7, 11) is -2.30. The number of benzene rings is 2. The molecule has 0 amide bonds. The molecule has 2 rings (SSSR count). The predicted octanol–water partition coefficient (Wildman–Crippen LogP) is 3.34. The SMILES string of the molecule is COc1cc(S(=O)(=O)Nc2ccc(Cl)cc2I)ccc1N. The fraction of sp³-hybridized carbons (Fsp3) is 0.0769. The molecule has 112 valence electrons. The van der Waals surface area contributed by atoms with E-state index in [2.05, 4.69) is 4.72 Å². The van der Waals surface area contributed by atoms with Crippen LogP contribution < -0.4 is 15.2 Å². The molecule has 3 N–H and O–H groups in total. The van der Waals surface area contributed by atoms with E-state index in [1.165, 1.54) is 25.3 Å². The van der Waals surface area contributed by atoms with Gasteiger partial charge in [0.2, 0.25) is 0 Å². The molecule has 0 atom stereocenters. The molecule has 21 heavy (non-hydrogen) atoms. The molecule has 0 aliphatic rings. The van der Waals surface area contributed by atoms with Gasteiger partial charge in [0.25, 0.3) is 10.0 Å². The van der Waals surface area contributed by atoms with Crippen molar-refractivity contribution in [2.75, 3.05) is 17.6 Å². The molecule has 0 radical (unpaired) electrons. The first-order valence-corrected chi connectivity index (χ1v) is 8.69. The molecule has 2 aromatic carbocycles. The van der Waals surface area contributed by atoms with E-state index >= 15 is 0 Å². The van der Waals surface area contributed by atoms with Crippen molar-refractivity contribution in [2.45, 2.75) is 4.90 Å². The van der Waals surface area contributed by atoms with Crippen LogP contribution in [0.25, 0.3) is 0 Å². The summed E-state index contributed by atoms with van der Waals surface area (Å²) >= 11 is 7.86. The average molecular weight is 439 g/mol. The Morgan fingerprint density at radius 1 is 1.24 bits per heavy atom. The molecule has 0 aliphatic heterocycles. The molecule has 0 fully saturated rings. The molecule has 0 heterocycles. The lowest BCUT2D eigenvalue weighted by Gasteiger charge is -2.12. The second-order valence-corrected chi connectivity index (χ2v) is 7.41. The molecule has 0 spiro atoms. The molecular weight excluding hydrogens is 427 g/mol. The number of nitrogen functional groups attached to an aromatic ring is 1.